The number of alkyl halides is 3. The number of carbonyl (C=O) groups excluding carboxylic acids is 3. The number of carbonyl (C=O) groups is 3. The standard InChI is InChI=1S/C20H17F3N2O4S/c21-20(22,23)14-7-5-13(6-8-14)19(28)24-11-18(27)29-12-17(26)25-9-10-30-16-4-2-1-3-15(16)25/h1-8H,9-12H2,(H,24,28). The van der Waals surface area contributed by atoms with Gasteiger partial charge in [0.15, 0.2) is 6.61 Å². The van der Waals surface area contributed by atoms with Gasteiger partial charge >= 0.3 is 12.1 Å². The summed E-state index contributed by atoms with van der Waals surface area (Å²) in [5.74, 6) is -1.22. The van der Waals surface area contributed by atoms with Crippen molar-refractivity contribution in [1.29, 1.82) is 0 Å². The molecule has 30 heavy (non-hydrogen) atoms. The van der Waals surface area contributed by atoms with Crippen LogP contribution in [0.1, 0.15) is 15.9 Å². The van der Waals surface area contributed by atoms with E-state index in [-0.39, 0.29) is 11.5 Å². The Morgan fingerprint density at radius 1 is 1.07 bits per heavy atom. The summed E-state index contributed by atoms with van der Waals surface area (Å²) in [4.78, 5) is 38.7. The van der Waals surface area contributed by atoms with Gasteiger partial charge in [-0.1, -0.05) is 12.1 Å². The van der Waals surface area contributed by atoms with Gasteiger partial charge in [-0.05, 0) is 36.4 Å². The molecule has 2 aromatic rings. The highest BCUT2D eigenvalue weighted by Gasteiger charge is 2.30. The Morgan fingerprint density at radius 2 is 1.77 bits per heavy atom. The van der Waals surface area contributed by atoms with Crippen molar-refractivity contribution in [1.82, 2.24) is 5.32 Å². The number of rotatable bonds is 5. The quantitative estimate of drug-likeness (QED) is 0.726. The van der Waals surface area contributed by atoms with Crippen LogP contribution in [0.3, 0.4) is 0 Å². The number of nitrogens with one attached hydrogen (secondary N) is 1. The molecule has 2 amide bonds. The van der Waals surface area contributed by atoms with Crippen LogP contribution in [-0.4, -0.2) is 43.2 Å². The van der Waals surface area contributed by atoms with Crippen LogP contribution in [0, 0.1) is 0 Å². The first kappa shape index (κ1) is 21.7. The van der Waals surface area contributed by atoms with Gasteiger partial charge in [-0.15, -0.1) is 11.8 Å². The first-order valence-electron chi connectivity index (χ1n) is 8.89. The molecule has 0 saturated heterocycles. The number of esters is 1. The maximum Gasteiger partial charge on any atom is 0.416 e. The Balaban J connectivity index is 1.47. The smallest absolute Gasteiger partial charge is 0.416 e. The fourth-order valence-corrected chi connectivity index (χ4v) is 3.76. The summed E-state index contributed by atoms with van der Waals surface area (Å²) in [5, 5.41) is 2.25. The van der Waals surface area contributed by atoms with Gasteiger partial charge in [0, 0.05) is 22.8 Å². The van der Waals surface area contributed by atoms with Gasteiger partial charge in [-0.25, -0.2) is 0 Å². The highest BCUT2D eigenvalue weighted by atomic mass is 32.2. The third kappa shape index (κ3) is 5.32. The van der Waals surface area contributed by atoms with E-state index in [9.17, 15) is 27.6 Å². The number of fused-ring (bicyclic) bond motifs is 1. The zero-order valence-corrected chi connectivity index (χ0v) is 16.4. The predicted molar refractivity (Wildman–Crippen MR) is 104 cm³/mol. The Bertz CT molecular complexity index is 948. The van der Waals surface area contributed by atoms with Crippen molar-refractivity contribution in [3.05, 3.63) is 59.7 Å². The molecule has 2 aromatic carbocycles. The minimum atomic E-state index is -4.50. The van der Waals surface area contributed by atoms with Crippen LogP contribution < -0.4 is 10.2 Å². The van der Waals surface area contributed by atoms with Crippen molar-refractivity contribution in [2.75, 3.05) is 30.3 Å². The summed E-state index contributed by atoms with van der Waals surface area (Å²) < 4.78 is 42.6. The van der Waals surface area contributed by atoms with Crippen molar-refractivity contribution in [2.24, 2.45) is 0 Å². The molecule has 0 bridgehead atoms. The van der Waals surface area contributed by atoms with Crippen LogP contribution in [-0.2, 0) is 20.5 Å². The van der Waals surface area contributed by atoms with Gasteiger partial charge < -0.3 is 15.0 Å². The lowest BCUT2D eigenvalue weighted by molar-refractivity contribution is -0.146. The van der Waals surface area contributed by atoms with Crippen LogP contribution in [0.5, 0.6) is 0 Å². The number of hydrogen-bond acceptors (Lipinski definition) is 5. The minimum absolute atomic E-state index is 0.0331. The van der Waals surface area contributed by atoms with Gasteiger partial charge in [-0.2, -0.15) is 13.2 Å². The lowest BCUT2D eigenvalue weighted by Crippen LogP contribution is -2.39. The fourth-order valence-electron chi connectivity index (χ4n) is 2.76. The van der Waals surface area contributed by atoms with E-state index >= 15 is 0 Å². The zero-order chi connectivity index (χ0) is 21.7. The number of anilines is 1. The predicted octanol–water partition coefficient (Wildman–Crippen LogP) is 3.12. The molecule has 1 aliphatic heterocycles. The number of halogens is 3. The van der Waals surface area contributed by atoms with Crippen LogP contribution in [0.4, 0.5) is 18.9 Å². The van der Waals surface area contributed by atoms with Gasteiger partial charge in [0.25, 0.3) is 11.8 Å². The third-order valence-corrected chi connectivity index (χ3v) is 5.30. The summed E-state index contributed by atoms with van der Waals surface area (Å²) in [7, 11) is 0. The van der Waals surface area contributed by atoms with E-state index in [1.807, 2.05) is 24.3 Å². The van der Waals surface area contributed by atoms with E-state index in [1.54, 1.807) is 16.7 Å². The number of para-hydroxylation sites is 1. The molecular weight excluding hydrogens is 421 g/mol. The molecule has 3 rings (SSSR count). The molecule has 0 aliphatic carbocycles. The van der Waals surface area contributed by atoms with E-state index in [1.165, 1.54) is 0 Å². The normalized spacial score (nSPS) is 13.4. The molecule has 0 atom stereocenters. The molecule has 0 unspecified atom stereocenters. The highest BCUT2D eigenvalue weighted by Crippen LogP contribution is 2.34. The topological polar surface area (TPSA) is 75.7 Å². The molecule has 0 fully saturated rings. The first-order chi connectivity index (χ1) is 14.3. The Kier molecular flexibility index (Phi) is 6.66. The lowest BCUT2D eigenvalue weighted by atomic mass is 10.1. The molecule has 1 heterocycles. The monoisotopic (exact) mass is 438 g/mol. The fraction of sp³-hybridized carbons (Fsp3) is 0.250. The largest absolute Gasteiger partial charge is 0.454 e. The molecular formula is C20H17F3N2O4S. The van der Waals surface area contributed by atoms with E-state index in [4.69, 9.17) is 4.74 Å². The number of hydrogen-bond donors (Lipinski definition) is 1. The average molecular weight is 438 g/mol. The molecule has 6 nitrogen and oxygen atoms in total. The van der Waals surface area contributed by atoms with Gasteiger partial charge in [-0.3, -0.25) is 14.4 Å². The molecule has 10 heteroatoms. The zero-order valence-electron chi connectivity index (χ0n) is 15.6. The van der Waals surface area contributed by atoms with Crippen LogP contribution in [0.2, 0.25) is 0 Å². The number of amides is 2. The van der Waals surface area contributed by atoms with Crippen molar-refractivity contribution in [3.63, 3.8) is 0 Å². The lowest BCUT2D eigenvalue weighted by Gasteiger charge is -2.28. The molecule has 0 saturated carbocycles. The Morgan fingerprint density at radius 3 is 2.47 bits per heavy atom. The summed E-state index contributed by atoms with van der Waals surface area (Å²) in [6.07, 6.45) is -4.50. The van der Waals surface area contributed by atoms with Crippen molar-refractivity contribution < 1.29 is 32.3 Å². The number of ether oxygens (including phenoxy) is 1. The van der Waals surface area contributed by atoms with E-state index in [0.29, 0.717) is 6.54 Å². The molecule has 1 aliphatic rings. The molecule has 158 valence electrons. The average Bonchev–Trinajstić information content (AvgIpc) is 2.74. The van der Waals surface area contributed by atoms with Crippen LogP contribution >= 0.6 is 11.8 Å². The van der Waals surface area contributed by atoms with E-state index < -0.39 is 36.8 Å². The van der Waals surface area contributed by atoms with Gasteiger partial charge in [0.1, 0.15) is 6.54 Å². The second-order valence-corrected chi connectivity index (χ2v) is 7.42. The molecule has 0 radical (unpaired) electrons. The van der Waals surface area contributed by atoms with E-state index in [0.717, 1.165) is 40.6 Å². The van der Waals surface area contributed by atoms with E-state index in [2.05, 4.69) is 5.32 Å². The summed E-state index contributed by atoms with van der Waals surface area (Å²) in [5.41, 5.74) is -0.158. The Hall–Kier alpha value is -3.01. The molecule has 1 N–H and O–H groups in total. The second-order valence-electron chi connectivity index (χ2n) is 6.28. The third-order valence-electron chi connectivity index (χ3n) is 4.25. The SMILES string of the molecule is O=C(CNC(=O)c1ccc(C(F)(F)F)cc1)OCC(=O)N1CCSc2ccccc21. The summed E-state index contributed by atoms with van der Waals surface area (Å²) >= 11 is 1.63. The van der Waals surface area contributed by atoms with Crippen molar-refractivity contribution >= 4 is 35.2 Å². The maximum absolute atomic E-state index is 12.5. The van der Waals surface area contributed by atoms with Gasteiger partial charge in [0.2, 0.25) is 0 Å². The molecule has 0 spiro atoms. The summed E-state index contributed by atoms with van der Waals surface area (Å²) in [6, 6.07) is 11.0. The highest BCUT2D eigenvalue weighted by molar-refractivity contribution is 7.99. The molecule has 0 aromatic heterocycles. The number of thioether (sulfide) groups is 1. The number of nitrogens with zero attached hydrogens (tertiary/aromatic N) is 1. The maximum atomic E-state index is 12.5. The minimum Gasteiger partial charge on any atom is -0.454 e. The van der Waals surface area contributed by atoms with Gasteiger partial charge in [0.05, 0.1) is 11.3 Å². The van der Waals surface area contributed by atoms with Crippen LogP contribution in [0.15, 0.2) is 53.4 Å². The Labute approximate surface area is 174 Å². The van der Waals surface area contributed by atoms with Crippen LogP contribution in [0.25, 0.3) is 0 Å². The summed E-state index contributed by atoms with van der Waals surface area (Å²) in [6.45, 7) is -0.504. The van der Waals surface area contributed by atoms with Crippen molar-refractivity contribution in [2.45, 2.75) is 11.1 Å². The second kappa shape index (κ2) is 9.21. The first-order valence-corrected chi connectivity index (χ1v) is 9.87. The number of benzene rings is 2. The van der Waals surface area contributed by atoms with Crippen molar-refractivity contribution in [3.8, 4) is 0 Å².